The van der Waals surface area contributed by atoms with Gasteiger partial charge in [-0.3, -0.25) is 4.79 Å². The number of thioether (sulfide) groups is 1. The van der Waals surface area contributed by atoms with Gasteiger partial charge in [0.1, 0.15) is 0 Å². The number of rotatable bonds is 5. The number of pyridine rings is 1. The second-order valence-electron chi connectivity index (χ2n) is 5.36. The fraction of sp³-hybridized carbons (Fsp3) is 0.294. The predicted octanol–water partition coefficient (Wildman–Crippen LogP) is 4.07. The van der Waals surface area contributed by atoms with Crippen LogP contribution in [0.25, 0.3) is 0 Å². The summed E-state index contributed by atoms with van der Waals surface area (Å²) in [5.74, 6) is 0.270. The Kier molecular flexibility index (Phi) is 5.41. The molecule has 0 bridgehead atoms. The lowest BCUT2D eigenvalue weighted by atomic mass is 10.2. The number of carbonyl (C=O) groups is 1. The van der Waals surface area contributed by atoms with Crippen LogP contribution in [0, 0.1) is 0 Å². The van der Waals surface area contributed by atoms with Crippen molar-refractivity contribution >= 4 is 40.6 Å². The predicted molar refractivity (Wildman–Crippen MR) is 96.5 cm³/mol. The number of anilines is 2. The Balaban J connectivity index is 1.66. The largest absolute Gasteiger partial charge is 0.370 e. The number of carbonyl (C=O) groups excluding carboxylic acids is 1. The van der Waals surface area contributed by atoms with Gasteiger partial charge in [0.25, 0.3) is 0 Å². The van der Waals surface area contributed by atoms with Gasteiger partial charge in [-0.2, -0.15) is 0 Å². The minimum atomic E-state index is -0.0524. The Labute approximate surface area is 145 Å². The molecule has 2 heterocycles. The zero-order valence-electron chi connectivity index (χ0n) is 12.7. The molecule has 4 nitrogen and oxygen atoms in total. The highest BCUT2D eigenvalue weighted by atomic mass is 35.5. The number of nitrogens with one attached hydrogen (secondary N) is 1. The highest BCUT2D eigenvalue weighted by molar-refractivity contribution is 7.99. The molecule has 120 valence electrons. The van der Waals surface area contributed by atoms with Crippen LogP contribution in [0.15, 0.2) is 47.6 Å². The van der Waals surface area contributed by atoms with E-state index in [1.807, 2.05) is 36.4 Å². The first-order chi connectivity index (χ1) is 11.2. The first-order valence-electron chi connectivity index (χ1n) is 7.60. The summed E-state index contributed by atoms with van der Waals surface area (Å²) in [6, 6.07) is 11.3. The Hall–Kier alpha value is -1.72. The van der Waals surface area contributed by atoms with E-state index in [1.54, 1.807) is 6.20 Å². The molecule has 0 atom stereocenters. The van der Waals surface area contributed by atoms with Crippen LogP contribution in [0.4, 0.5) is 11.4 Å². The monoisotopic (exact) mass is 347 g/mol. The van der Waals surface area contributed by atoms with Crippen molar-refractivity contribution in [2.45, 2.75) is 17.9 Å². The van der Waals surface area contributed by atoms with Gasteiger partial charge in [0.2, 0.25) is 5.91 Å². The van der Waals surface area contributed by atoms with E-state index in [1.165, 1.54) is 24.6 Å². The summed E-state index contributed by atoms with van der Waals surface area (Å²) in [5.41, 5.74) is 1.83. The number of halogens is 1. The average molecular weight is 348 g/mol. The zero-order chi connectivity index (χ0) is 16.1. The zero-order valence-corrected chi connectivity index (χ0v) is 14.2. The van der Waals surface area contributed by atoms with E-state index in [4.69, 9.17) is 11.6 Å². The number of hydrogen-bond donors (Lipinski definition) is 1. The van der Waals surface area contributed by atoms with Gasteiger partial charge in [-0.15, -0.1) is 0 Å². The molecule has 0 unspecified atom stereocenters. The van der Waals surface area contributed by atoms with Gasteiger partial charge in [0, 0.05) is 24.3 Å². The van der Waals surface area contributed by atoms with Crippen molar-refractivity contribution in [1.82, 2.24) is 4.98 Å². The van der Waals surface area contributed by atoms with Crippen LogP contribution in [0.3, 0.4) is 0 Å². The van der Waals surface area contributed by atoms with E-state index >= 15 is 0 Å². The molecule has 1 saturated heterocycles. The maximum absolute atomic E-state index is 12.2. The number of hydrogen-bond acceptors (Lipinski definition) is 4. The van der Waals surface area contributed by atoms with Gasteiger partial charge < -0.3 is 10.2 Å². The third-order valence-corrected chi connectivity index (χ3v) is 4.85. The maximum Gasteiger partial charge on any atom is 0.234 e. The molecular weight excluding hydrogens is 330 g/mol. The van der Waals surface area contributed by atoms with Crippen molar-refractivity contribution in [3.63, 3.8) is 0 Å². The van der Waals surface area contributed by atoms with Crippen molar-refractivity contribution in [2.75, 3.05) is 29.1 Å². The summed E-state index contributed by atoms with van der Waals surface area (Å²) < 4.78 is 0. The van der Waals surface area contributed by atoms with Crippen LogP contribution in [-0.4, -0.2) is 29.7 Å². The van der Waals surface area contributed by atoms with Gasteiger partial charge in [-0.25, -0.2) is 4.98 Å². The molecule has 23 heavy (non-hydrogen) atoms. The molecule has 2 aromatic rings. The second-order valence-corrected chi connectivity index (χ2v) is 6.79. The lowest BCUT2D eigenvalue weighted by molar-refractivity contribution is -0.113. The van der Waals surface area contributed by atoms with Gasteiger partial charge in [-0.05, 0) is 43.2 Å². The molecule has 1 aliphatic rings. The summed E-state index contributed by atoms with van der Waals surface area (Å²) in [6.45, 7) is 2.04. The van der Waals surface area contributed by atoms with E-state index < -0.39 is 0 Å². The van der Waals surface area contributed by atoms with Gasteiger partial charge in [0.15, 0.2) is 0 Å². The highest BCUT2D eigenvalue weighted by Crippen LogP contribution is 2.31. The summed E-state index contributed by atoms with van der Waals surface area (Å²) in [5, 5.41) is 4.45. The molecule has 1 aromatic carbocycles. The summed E-state index contributed by atoms with van der Waals surface area (Å²) in [4.78, 5) is 18.7. The lowest BCUT2D eigenvalue weighted by Crippen LogP contribution is -2.21. The summed E-state index contributed by atoms with van der Waals surface area (Å²) in [7, 11) is 0. The van der Waals surface area contributed by atoms with Gasteiger partial charge in [-0.1, -0.05) is 29.4 Å². The Morgan fingerprint density at radius 2 is 2.09 bits per heavy atom. The summed E-state index contributed by atoms with van der Waals surface area (Å²) >= 11 is 7.52. The molecule has 1 aromatic heterocycles. The lowest BCUT2D eigenvalue weighted by Gasteiger charge is -2.21. The van der Waals surface area contributed by atoms with Crippen LogP contribution in [0.2, 0.25) is 5.02 Å². The van der Waals surface area contributed by atoms with Crippen molar-refractivity contribution < 1.29 is 4.79 Å². The molecule has 3 rings (SSSR count). The van der Waals surface area contributed by atoms with Crippen molar-refractivity contribution in [1.29, 1.82) is 0 Å². The van der Waals surface area contributed by atoms with Crippen LogP contribution < -0.4 is 10.2 Å². The SMILES string of the molecule is O=C(CSc1ccccn1)Nc1cc(Cl)ccc1N1CCCC1. The van der Waals surface area contributed by atoms with Gasteiger partial charge in [0.05, 0.1) is 22.2 Å². The Morgan fingerprint density at radius 3 is 2.83 bits per heavy atom. The molecule has 6 heteroatoms. The van der Waals surface area contributed by atoms with E-state index in [0.29, 0.717) is 10.8 Å². The van der Waals surface area contributed by atoms with Crippen molar-refractivity contribution in [3.05, 3.63) is 47.6 Å². The fourth-order valence-electron chi connectivity index (χ4n) is 2.60. The molecule has 1 fully saturated rings. The van der Waals surface area contributed by atoms with Crippen molar-refractivity contribution in [3.8, 4) is 0 Å². The van der Waals surface area contributed by atoms with Crippen LogP contribution in [0.5, 0.6) is 0 Å². The summed E-state index contributed by atoms with van der Waals surface area (Å²) in [6.07, 6.45) is 4.10. The number of amides is 1. The highest BCUT2D eigenvalue weighted by Gasteiger charge is 2.17. The van der Waals surface area contributed by atoms with E-state index in [9.17, 15) is 4.79 Å². The third kappa shape index (κ3) is 4.39. The van der Waals surface area contributed by atoms with E-state index in [0.717, 1.165) is 29.5 Å². The third-order valence-electron chi connectivity index (χ3n) is 3.67. The topological polar surface area (TPSA) is 45.2 Å². The normalized spacial score (nSPS) is 14.0. The maximum atomic E-state index is 12.2. The number of aromatic nitrogens is 1. The van der Waals surface area contributed by atoms with Crippen LogP contribution in [-0.2, 0) is 4.79 Å². The molecule has 1 N–H and O–H groups in total. The standard InChI is InChI=1S/C17H18ClN3OS/c18-13-6-7-15(21-9-3-4-10-21)14(11-13)20-16(22)12-23-17-5-1-2-8-19-17/h1-2,5-8,11H,3-4,9-10,12H2,(H,20,22). The average Bonchev–Trinajstić information content (AvgIpc) is 3.08. The van der Waals surface area contributed by atoms with E-state index in [-0.39, 0.29) is 5.91 Å². The number of nitrogens with zero attached hydrogens (tertiary/aromatic N) is 2. The first kappa shape index (κ1) is 16.1. The fourth-order valence-corrected chi connectivity index (χ4v) is 3.43. The van der Waals surface area contributed by atoms with Gasteiger partial charge >= 0.3 is 0 Å². The quantitative estimate of drug-likeness (QED) is 0.828. The molecule has 0 radical (unpaired) electrons. The molecule has 1 aliphatic heterocycles. The second kappa shape index (κ2) is 7.70. The Morgan fingerprint density at radius 1 is 1.26 bits per heavy atom. The van der Waals surface area contributed by atoms with E-state index in [2.05, 4.69) is 15.2 Å². The smallest absolute Gasteiger partial charge is 0.234 e. The number of benzene rings is 1. The molecule has 0 aliphatic carbocycles. The van der Waals surface area contributed by atoms with Crippen LogP contribution >= 0.6 is 23.4 Å². The molecule has 0 saturated carbocycles. The first-order valence-corrected chi connectivity index (χ1v) is 8.97. The van der Waals surface area contributed by atoms with Crippen molar-refractivity contribution in [2.24, 2.45) is 0 Å². The van der Waals surface area contributed by atoms with Crippen LogP contribution in [0.1, 0.15) is 12.8 Å². The minimum absolute atomic E-state index is 0.0524. The molecule has 1 amide bonds. The minimum Gasteiger partial charge on any atom is -0.370 e. The Bertz CT molecular complexity index is 675. The molecular formula is C17H18ClN3OS. The molecule has 0 spiro atoms.